The minimum Gasteiger partial charge on any atom is -0.341 e. The van der Waals surface area contributed by atoms with Gasteiger partial charge in [-0.3, -0.25) is 4.79 Å². The molecule has 7 nitrogen and oxygen atoms in total. The molecule has 0 atom stereocenters. The average molecular weight is 383 g/mol. The molecule has 3 N–H and O–H groups in total. The summed E-state index contributed by atoms with van der Waals surface area (Å²) in [6, 6.07) is 17.4. The van der Waals surface area contributed by atoms with Gasteiger partial charge in [0.1, 0.15) is 0 Å². The molecule has 8 heteroatoms. The van der Waals surface area contributed by atoms with E-state index in [1.807, 2.05) is 18.2 Å². The number of amides is 3. The Hall–Kier alpha value is -3.39. The van der Waals surface area contributed by atoms with E-state index in [4.69, 9.17) is 0 Å². The lowest BCUT2D eigenvalue weighted by Gasteiger charge is -2.10. The van der Waals surface area contributed by atoms with E-state index in [1.54, 1.807) is 24.3 Å². The Balaban J connectivity index is 1.83. The second-order valence-corrected chi connectivity index (χ2v) is 7.37. The molecule has 0 heterocycles. The standard InChI is InChI=1S/C19H17N3O4S/c1-20-19(24)21-14-9-11-15(12-10-14)27(25,26)22-18(23)17-8-4-6-13-5-2-3-7-16(13)17/h2-12H,1H3,(H,22,23)(H2,20,21,24). The summed E-state index contributed by atoms with van der Waals surface area (Å²) < 4.78 is 27.1. The first-order valence-corrected chi connectivity index (χ1v) is 9.53. The van der Waals surface area contributed by atoms with Crippen LogP contribution in [-0.4, -0.2) is 27.4 Å². The Bertz CT molecular complexity index is 1100. The Morgan fingerprint density at radius 1 is 0.852 bits per heavy atom. The zero-order valence-corrected chi connectivity index (χ0v) is 15.2. The van der Waals surface area contributed by atoms with Crippen LogP contribution in [0.1, 0.15) is 10.4 Å². The van der Waals surface area contributed by atoms with Gasteiger partial charge in [-0.2, -0.15) is 0 Å². The monoisotopic (exact) mass is 383 g/mol. The van der Waals surface area contributed by atoms with E-state index < -0.39 is 22.0 Å². The number of carbonyl (C=O) groups is 2. The van der Waals surface area contributed by atoms with Crippen LogP contribution in [0, 0.1) is 0 Å². The Morgan fingerprint density at radius 3 is 2.22 bits per heavy atom. The van der Waals surface area contributed by atoms with Gasteiger partial charge in [0.15, 0.2) is 0 Å². The first-order valence-electron chi connectivity index (χ1n) is 8.04. The summed E-state index contributed by atoms with van der Waals surface area (Å²) in [7, 11) is -2.59. The Kier molecular flexibility index (Phi) is 5.09. The molecular weight excluding hydrogens is 366 g/mol. The molecule has 0 bridgehead atoms. The summed E-state index contributed by atoms with van der Waals surface area (Å²) in [6.45, 7) is 0. The zero-order valence-electron chi connectivity index (χ0n) is 14.4. The van der Waals surface area contributed by atoms with Crippen LogP contribution in [0.3, 0.4) is 0 Å². The molecule has 0 aliphatic rings. The van der Waals surface area contributed by atoms with Crippen LogP contribution >= 0.6 is 0 Å². The molecule has 0 fully saturated rings. The van der Waals surface area contributed by atoms with Crippen molar-refractivity contribution >= 4 is 38.4 Å². The highest BCUT2D eigenvalue weighted by molar-refractivity contribution is 7.90. The molecule has 3 aromatic carbocycles. The predicted molar refractivity (Wildman–Crippen MR) is 103 cm³/mol. The molecule has 3 rings (SSSR count). The smallest absolute Gasteiger partial charge is 0.318 e. The largest absolute Gasteiger partial charge is 0.341 e. The van der Waals surface area contributed by atoms with E-state index in [2.05, 4.69) is 15.4 Å². The maximum Gasteiger partial charge on any atom is 0.318 e. The summed E-state index contributed by atoms with van der Waals surface area (Å²) in [6.07, 6.45) is 0. The lowest BCUT2D eigenvalue weighted by Crippen LogP contribution is -2.30. The number of hydrogen-bond donors (Lipinski definition) is 3. The van der Waals surface area contributed by atoms with Crippen molar-refractivity contribution in [3.05, 3.63) is 72.3 Å². The molecule has 0 saturated carbocycles. The van der Waals surface area contributed by atoms with Crippen LogP contribution in [0.4, 0.5) is 10.5 Å². The second kappa shape index (κ2) is 7.46. The van der Waals surface area contributed by atoms with Gasteiger partial charge in [0.05, 0.1) is 4.90 Å². The fourth-order valence-electron chi connectivity index (χ4n) is 2.57. The quantitative estimate of drug-likeness (QED) is 0.644. The van der Waals surface area contributed by atoms with E-state index >= 15 is 0 Å². The number of urea groups is 1. The van der Waals surface area contributed by atoms with Crippen molar-refractivity contribution in [2.45, 2.75) is 4.90 Å². The summed E-state index contributed by atoms with van der Waals surface area (Å²) in [4.78, 5) is 23.7. The predicted octanol–water partition coefficient (Wildman–Crippen LogP) is 2.71. The van der Waals surface area contributed by atoms with Gasteiger partial charge in [-0.25, -0.2) is 17.9 Å². The normalized spacial score (nSPS) is 11.0. The molecular formula is C19H17N3O4S. The molecule has 0 aliphatic heterocycles. The van der Waals surface area contributed by atoms with Crippen molar-refractivity contribution in [2.24, 2.45) is 0 Å². The van der Waals surface area contributed by atoms with Gasteiger partial charge in [0, 0.05) is 18.3 Å². The number of anilines is 1. The van der Waals surface area contributed by atoms with Gasteiger partial charge in [0.25, 0.3) is 15.9 Å². The third-order valence-corrected chi connectivity index (χ3v) is 5.26. The molecule has 0 spiro atoms. The minimum absolute atomic E-state index is 0.0847. The summed E-state index contributed by atoms with van der Waals surface area (Å²) in [5, 5.41) is 6.42. The first-order chi connectivity index (χ1) is 12.9. The third-order valence-electron chi connectivity index (χ3n) is 3.91. The fraction of sp³-hybridized carbons (Fsp3) is 0.0526. The zero-order chi connectivity index (χ0) is 19.4. The number of sulfonamides is 1. The van der Waals surface area contributed by atoms with E-state index in [9.17, 15) is 18.0 Å². The lowest BCUT2D eigenvalue weighted by molar-refractivity contribution is 0.0983. The highest BCUT2D eigenvalue weighted by Crippen LogP contribution is 2.20. The molecule has 3 amide bonds. The number of nitrogens with one attached hydrogen (secondary N) is 3. The fourth-order valence-corrected chi connectivity index (χ4v) is 3.54. The van der Waals surface area contributed by atoms with Crippen molar-refractivity contribution in [3.63, 3.8) is 0 Å². The van der Waals surface area contributed by atoms with Crippen LogP contribution in [-0.2, 0) is 10.0 Å². The maximum atomic E-state index is 12.5. The molecule has 3 aromatic rings. The van der Waals surface area contributed by atoms with Crippen molar-refractivity contribution in [1.82, 2.24) is 10.0 Å². The molecule has 0 saturated heterocycles. The number of rotatable bonds is 4. The van der Waals surface area contributed by atoms with Crippen LogP contribution in [0.15, 0.2) is 71.6 Å². The Labute approximate surface area is 156 Å². The van der Waals surface area contributed by atoms with Crippen LogP contribution < -0.4 is 15.4 Å². The molecule has 0 unspecified atom stereocenters. The van der Waals surface area contributed by atoms with Gasteiger partial charge in [0.2, 0.25) is 0 Å². The van der Waals surface area contributed by atoms with Gasteiger partial charge >= 0.3 is 6.03 Å². The number of hydrogen-bond acceptors (Lipinski definition) is 4. The van der Waals surface area contributed by atoms with Gasteiger partial charge in [-0.05, 0) is 41.1 Å². The van der Waals surface area contributed by atoms with Gasteiger partial charge < -0.3 is 10.6 Å². The van der Waals surface area contributed by atoms with Crippen molar-refractivity contribution in [1.29, 1.82) is 0 Å². The SMILES string of the molecule is CNC(=O)Nc1ccc(S(=O)(=O)NC(=O)c2cccc3ccccc23)cc1. The molecule has 0 radical (unpaired) electrons. The first kappa shape index (κ1) is 18.4. The summed E-state index contributed by atoms with van der Waals surface area (Å²) in [5.41, 5.74) is 0.697. The number of fused-ring (bicyclic) bond motifs is 1. The average Bonchev–Trinajstić information content (AvgIpc) is 2.67. The maximum absolute atomic E-state index is 12.5. The van der Waals surface area contributed by atoms with Gasteiger partial charge in [-0.15, -0.1) is 0 Å². The molecule has 27 heavy (non-hydrogen) atoms. The van der Waals surface area contributed by atoms with Crippen LogP contribution in [0.25, 0.3) is 10.8 Å². The van der Waals surface area contributed by atoms with E-state index in [0.29, 0.717) is 11.1 Å². The molecule has 0 aliphatic carbocycles. The highest BCUT2D eigenvalue weighted by atomic mass is 32.2. The molecule has 138 valence electrons. The highest BCUT2D eigenvalue weighted by Gasteiger charge is 2.20. The third kappa shape index (κ3) is 4.06. The van der Waals surface area contributed by atoms with E-state index in [-0.39, 0.29) is 10.5 Å². The lowest BCUT2D eigenvalue weighted by atomic mass is 10.0. The summed E-state index contributed by atoms with van der Waals surface area (Å²) in [5.74, 6) is -0.709. The topological polar surface area (TPSA) is 104 Å². The van der Waals surface area contributed by atoms with Crippen molar-refractivity contribution < 1.29 is 18.0 Å². The van der Waals surface area contributed by atoms with E-state index in [1.165, 1.54) is 31.3 Å². The molecule has 0 aromatic heterocycles. The van der Waals surface area contributed by atoms with E-state index in [0.717, 1.165) is 5.39 Å². The van der Waals surface area contributed by atoms with Crippen molar-refractivity contribution in [2.75, 3.05) is 12.4 Å². The number of carbonyl (C=O) groups excluding carboxylic acids is 2. The minimum atomic E-state index is -4.05. The van der Waals surface area contributed by atoms with Gasteiger partial charge in [-0.1, -0.05) is 36.4 Å². The summed E-state index contributed by atoms with van der Waals surface area (Å²) >= 11 is 0. The van der Waals surface area contributed by atoms with Crippen LogP contribution in [0.2, 0.25) is 0 Å². The Morgan fingerprint density at radius 2 is 1.52 bits per heavy atom. The second-order valence-electron chi connectivity index (χ2n) is 5.69. The number of benzene rings is 3. The van der Waals surface area contributed by atoms with Crippen molar-refractivity contribution in [3.8, 4) is 0 Å². The van der Waals surface area contributed by atoms with Crippen LogP contribution in [0.5, 0.6) is 0 Å².